The predicted octanol–water partition coefficient (Wildman–Crippen LogP) is 4.20. The van der Waals surface area contributed by atoms with E-state index < -0.39 is 0 Å². The van der Waals surface area contributed by atoms with Crippen molar-refractivity contribution in [1.29, 1.82) is 0 Å². The number of hydrogen-bond donors (Lipinski definition) is 0. The summed E-state index contributed by atoms with van der Waals surface area (Å²) in [7, 11) is 0. The van der Waals surface area contributed by atoms with Gasteiger partial charge in [0.25, 0.3) is 0 Å². The number of rotatable bonds is 4. The minimum atomic E-state index is -0.336. The molecule has 0 N–H and O–H groups in total. The Hall–Kier alpha value is -1.65. The summed E-state index contributed by atoms with van der Waals surface area (Å²) < 4.78 is 0. The van der Waals surface area contributed by atoms with E-state index in [0.717, 1.165) is 38.3 Å². The first-order valence-corrected chi connectivity index (χ1v) is 10.0. The Morgan fingerprint density at radius 3 is 2.72 bits per heavy atom. The molecule has 25 heavy (non-hydrogen) atoms. The maximum Gasteiger partial charge on any atom is 0.239 e. The van der Waals surface area contributed by atoms with E-state index in [1.165, 1.54) is 15.3 Å². The molecule has 1 spiro atoms. The van der Waals surface area contributed by atoms with Gasteiger partial charge in [-0.1, -0.05) is 32.0 Å². The molecule has 1 saturated heterocycles. The van der Waals surface area contributed by atoms with Crippen LogP contribution < -0.4 is 4.90 Å². The van der Waals surface area contributed by atoms with Gasteiger partial charge in [0, 0.05) is 35.1 Å². The normalized spacial score (nSPS) is 23.2. The summed E-state index contributed by atoms with van der Waals surface area (Å²) in [6, 6.07) is 12.8. The number of hydrogen-bond acceptors (Lipinski definition) is 3. The van der Waals surface area contributed by atoms with Crippen molar-refractivity contribution >= 4 is 22.9 Å². The summed E-state index contributed by atoms with van der Waals surface area (Å²) in [4.78, 5) is 20.7. The van der Waals surface area contributed by atoms with E-state index in [4.69, 9.17) is 0 Å². The van der Waals surface area contributed by atoms with Crippen molar-refractivity contribution < 1.29 is 4.79 Å². The first-order valence-electron chi connectivity index (χ1n) is 9.19. The Morgan fingerprint density at radius 2 is 2.00 bits per heavy atom. The van der Waals surface area contributed by atoms with Crippen LogP contribution in [0, 0.1) is 12.8 Å². The van der Waals surface area contributed by atoms with Gasteiger partial charge in [-0.15, -0.1) is 11.3 Å². The highest BCUT2D eigenvalue weighted by Crippen LogP contribution is 2.47. The van der Waals surface area contributed by atoms with Gasteiger partial charge in [0.05, 0.1) is 5.41 Å². The highest BCUT2D eigenvalue weighted by molar-refractivity contribution is 7.11. The average molecular weight is 355 g/mol. The maximum absolute atomic E-state index is 13.4. The number of para-hydroxylation sites is 1. The predicted molar refractivity (Wildman–Crippen MR) is 104 cm³/mol. The van der Waals surface area contributed by atoms with Crippen LogP contribution in [0.5, 0.6) is 0 Å². The van der Waals surface area contributed by atoms with Gasteiger partial charge in [-0.3, -0.25) is 9.69 Å². The van der Waals surface area contributed by atoms with E-state index in [2.05, 4.69) is 62.1 Å². The van der Waals surface area contributed by atoms with Crippen molar-refractivity contribution in [2.24, 2.45) is 5.92 Å². The molecule has 0 aliphatic carbocycles. The Balaban J connectivity index is 1.62. The van der Waals surface area contributed by atoms with Gasteiger partial charge in [-0.2, -0.15) is 0 Å². The third-order valence-corrected chi connectivity index (χ3v) is 6.42. The van der Waals surface area contributed by atoms with Crippen LogP contribution in [0.3, 0.4) is 0 Å². The summed E-state index contributed by atoms with van der Waals surface area (Å²) in [6.07, 6.45) is 0.932. The zero-order valence-corrected chi connectivity index (χ0v) is 16.1. The molecule has 3 nitrogen and oxygen atoms in total. The number of fused-ring (bicyclic) bond motifs is 2. The fourth-order valence-electron chi connectivity index (χ4n) is 4.35. The molecule has 2 aromatic rings. The Morgan fingerprint density at radius 1 is 1.20 bits per heavy atom. The van der Waals surface area contributed by atoms with Gasteiger partial charge < -0.3 is 4.90 Å². The molecule has 1 fully saturated rings. The SMILES string of the molecule is Cc1ccc(CN2CC[C@@]3(C2)C(=O)N(CC(C)C)c2ccccc23)s1. The van der Waals surface area contributed by atoms with E-state index in [1.807, 2.05) is 16.2 Å². The van der Waals surface area contributed by atoms with Crippen molar-refractivity contribution in [1.82, 2.24) is 4.90 Å². The number of likely N-dealkylation sites (tertiary alicyclic amines) is 1. The number of carbonyl (C=O) groups excluding carboxylic acids is 1. The van der Waals surface area contributed by atoms with Crippen LogP contribution >= 0.6 is 11.3 Å². The molecule has 3 heterocycles. The zero-order valence-electron chi connectivity index (χ0n) is 15.3. The summed E-state index contributed by atoms with van der Waals surface area (Å²) in [5, 5.41) is 0. The third kappa shape index (κ3) is 2.81. The number of carbonyl (C=O) groups is 1. The van der Waals surface area contributed by atoms with E-state index >= 15 is 0 Å². The molecule has 1 aromatic heterocycles. The van der Waals surface area contributed by atoms with Crippen LogP contribution in [0.2, 0.25) is 0 Å². The Kier molecular flexibility index (Phi) is 4.20. The van der Waals surface area contributed by atoms with Gasteiger partial charge in [-0.25, -0.2) is 0 Å². The van der Waals surface area contributed by atoms with Gasteiger partial charge >= 0.3 is 0 Å². The standard InChI is InChI=1S/C21H26N2OS/c1-15(2)12-23-19-7-5-4-6-18(19)21(20(23)24)10-11-22(14-21)13-17-9-8-16(3)25-17/h4-9,15H,10-14H2,1-3H3/t21-/m0/s1. The lowest BCUT2D eigenvalue weighted by molar-refractivity contribution is -0.122. The van der Waals surface area contributed by atoms with E-state index in [1.54, 1.807) is 0 Å². The van der Waals surface area contributed by atoms with E-state index in [0.29, 0.717) is 11.8 Å². The van der Waals surface area contributed by atoms with Crippen LogP contribution in [0.25, 0.3) is 0 Å². The first kappa shape index (κ1) is 16.8. The van der Waals surface area contributed by atoms with Crippen LogP contribution in [-0.4, -0.2) is 30.4 Å². The first-order chi connectivity index (χ1) is 12.0. The molecule has 0 saturated carbocycles. The second-order valence-corrected chi connectivity index (χ2v) is 9.25. The summed E-state index contributed by atoms with van der Waals surface area (Å²) in [5.74, 6) is 0.783. The van der Waals surface area contributed by atoms with Crippen LogP contribution in [-0.2, 0) is 16.8 Å². The van der Waals surface area contributed by atoms with Crippen molar-refractivity contribution in [3.05, 3.63) is 51.7 Å². The van der Waals surface area contributed by atoms with Gasteiger partial charge in [0.2, 0.25) is 5.91 Å². The quantitative estimate of drug-likeness (QED) is 0.821. The fraction of sp³-hybridized carbons (Fsp3) is 0.476. The molecule has 1 atom stereocenters. The lowest BCUT2D eigenvalue weighted by Gasteiger charge is -2.25. The number of aryl methyl sites for hydroxylation is 1. The number of anilines is 1. The number of benzene rings is 1. The largest absolute Gasteiger partial charge is 0.311 e. The second kappa shape index (κ2) is 6.26. The number of amides is 1. The minimum absolute atomic E-state index is 0.312. The van der Waals surface area contributed by atoms with Gasteiger partial charge in [-0.05, 0) is 49.6 Å². The molecule has 4 rings (SSSR count). The molecule has 2 aliphatic heterocycles. The van der Waals surface area contributed by atoms with Crippen LogP contribution in [0.4, 0.5) is 5.69 Å². The Bertz CT molecular complexity index is 797. The van der Waals surface area contributed by atoms with Crippen LogP contribution in [0.1, 0.15) is 35.6 Å². The lowest BCUT2D eigenvalue weighted by atomic mass is 9.81. The van der Waals surface area contributed by atoms with E-state index in [-0.39, 0.29) is 5.41 Å². The smallest absolute Gasteiger partial charge is 0.239 e. The number of thiophene rings is 1. The molecular weight excluding hydrogens is 328 g/mol. The van der Waals surface area contributed by atoms with Crippen molar-refractivity contribution in [2.45, 2.75) is 39.2 Å². The molecule has 132 valence electrons. The van der Waals surface area contributed by atoms with Crippen LogP contribution in [0.15, 0.2) is 36.4 Å². The van der Waals surface area contributed by atoms with Crippen molar-refractivity contribution in [3.63, 3.8) is 0 Å². The highest BCUT2D eigenvalue weighted by Gasteiger charge is 2.54. The maximum atomic E-state index is 13.4. The summed E-state index contributed by atoms with van der Waals surface area (Å²) in [6.45, 7) is 10.1. The van der Waals surface area contributed by atoms with Crippen molar-refractivity contribution in [2.75, 3.05) is 24.5 Å². The van der Waals surface area contributed by atoms with E-state index in [9.17, 15) is 4.79 Å². The Labute approximate surface area is 154 Å². The molecule has 1 amide bonds. The molecule has 0 radical (unpaired) electrons. The fourth-order valence-corrected chi connectivity index (χ4v) is 5.28. The van der Waals surface area contributed by atoms with Gasteiger partial charge in [0.15, 0.2) is 0 Å². The number of nitrogens with zero attached hydrogens (tertiary/aromatic N) is 2. The van der Waals surface area contributed by atoms with Gasteiger partial charge in [0.1, 0.15) is 0 Å². The molecule has 4 heteroatoms. The topological polar surface area (TPSA) is 23.6 Å². The molecule has 2 aliphatic rings. The monoisotopic (exact) mass is 354 g/mol. The zero-order chi connectivity index (χ0) is 17.6. The minimum Gasteiger partial charge on any atom is -0.311 e. The molecular formula is C21H26N2OS. The summed E-state index contributed by atoms with van der Waals surface area (Å²) >= 11 is 1.86. The average Bonchev–Trinajstić information content (AvgIpc) is 3.24. The molecule has 1 aromatic carbocycles. The summed E-state index contributed by atoms with van der Waals surface area (Å²) in [5.41, 5.74) is 2.04. The third-order valence-electron chi connectivity index (χ3n) is 5.44. The lowest BCUT2D eigenvalue weighted by Crippen LogP contribution is -2.43. The highest BCUT2D eigenvalue weighted by atomic mass is 32.1. The van der Waals surface area contributed by atoms with Crippen molar-refractivity contribution in [3.8, 4) is 0 Å². The second-order valence-electron chi connectivity index (χ2n) is 7.88. The molecule has 0 unspecified atom stereocenters. The molecule has 0 bridgehead atoms.